The van der Waals surface area contributed by atoms with Crippen LogP contribution >= 0.6 is 11.8 Å². The molecule has 2 aromatic carbocycles. The van der Waals surface area contributed by atoms with Crippen molar-refractivity contribution in [3.05, 3.63) is 65.7 Å². The second-order valence-electron chi connectivity index (χ2n) is 6.95. The smallest absolute Gasteiger partial charge is 0.233 e. The third kappa shape index (κ3) is 4.05. The number of hydrogen-bond donors (Lipinski definition) is 2. The van der Waals surface area contributed by atoms with Crippen molar-refractivity contribution < 1.29 is 9.18 Å². The predicted molar refractivity (Wildman–Crippen MR) is 111 cm³/mol. The molecule has 7 heteroatoms. The van der Waals surface area contributed by atoms with Gasteiger partial charge >= 0.3 is 0 Å². The number of hydrogen-bond acceptors (Lipinski definition) is 4. The number of nitrogens with zero attached hydrogens (tertiary/aromatic N) is 2. The summed E-state index contributed by atoms with van der Waals surface area (Å²) in [5.74, 6) is 1.04. The van der Waals surface area contributed by atoms with Crippen molar-refractivity contribution in [2.24, 2.45) is 0 Å². The van der Waals surface area contributed by atoms with Gasteiger partial charge in [-0.3, -0.25) is 4.79 Å². The van der Waals surface area contributed by atoms with Gasteiger partial charge in [0.05, 0.1) is 28.1 Å². The van der Waals surface area contributed by atoms with Gasteiger partial charge in [0, 0.05) is 19.6 Å². The van der Waals surface area contributed by atoms with Gasteiger partial charge in [0.2, 0.25) is 5.91 Å². The van der Waals surface area contributed by atoms with E-state index in [4.69, 9.17) is 0 Å². The average Bonchev–Trinajstić information content (AvgIpc) is 3.16. The van der Waals surface area contributed by atoms with E-state index in [-0.39, 0.29) is 23.0 Å². The number of H-pyrrole nitrogens is 1. The highest BCUT2D eigenvalue weighted by Crippen LogP contribution is 2.30. The Kier molecular flexibility index (Phi) is 5.64. The molecule has 1 fully saturated rings. The van der Waals surface area contributed by atoms with Crippen LogP contribution in [0.4, 0.5) is 4.39 Å². The van der Waals surface area contributed by atoms with Crippen molar-refractivity contribution in [2.75, 3.05) is 25.4 Å². The lowest BCUT2D eigenvalue weighted by Gasteiger charge is -2.36. The zero-order valence-electron chi connectivity index (χ0n) is 15.7. The van der Waals surface area contributed by atoms with E-state index in [9.17, 15) is 9.18 Å². The summed E-state index contributed by atoms with van der Waals surface area (Å²) >= 11 is 1.57. The first-order chi connectivity index (χ1) is 13.6. The van der Waals surface area contributed by atoms with E-state index < -0.39 is 0 Å². The molecule has 1 aromatic heterocycles. The van der Waals surface area contributed by atoms with Crippen LogP contribution in [0.3, 0.4) is 0 Å². The average molecular weight is 399 g/mol. The molecule has 5 nitrogen and oxygen atoms in total. The number of imidazole rings is 1. The first kappa shape index (κ1) is 19.0. The van der Waals surface area contributed by atoms with Crippen LogP contribution in [0.2, 0.25) is 0 Å². The van der Waals surface area contributed by atoms with Gasteiger partial charge in [-0.15, -0.1) is 11.8 Å². The van der Waals surface area contributed by atoms with Crippen molar-refractivity contribution in [1.29, 1.82) is 0 Å². The second-order valence-corrected chi connectivity index (χ2v) is 8.28. The maximum absolute atomic E-state index is 13.6. The zero-order chi connectivity index (χ0) is 19.5. The Bertz CT molecular complexity index is 943. The van der Waals surface area contributed by atoms with Crippen molar-refractivity contribution in [3.63, 3.8) is 0 Å². The van der Waals surface area contributed by atoms with Crippen molar-refractivity contribution in [3.8, 4) is 0 Å². The Morgan fingerprint density at radius 2 is 2.18 bits per heavy atom. The number of fused-ring (bicyclic) bond motifs is 1. The van der Waals surface area contributed by atoms with E-state index in [0.29, 0.717) is 18.8 Å². The van der Waals surface area contributed by atoms with E-state index in [1.54, 1.807) is 17.8 Å². The van der Waals surface area contributed by atoms with Gasteiger partial charge in [0.15, 0.2) is 0 Å². The minimum Gasteiger partial charge on any atom is -0.341 e. The van der Waals surface area contributed by atoms with Crippen LogP contribution in [0.5, 0.6) is 0 Å². The highest BCUT2D eigenvalue weighted by molar-refractivity contribution is 8.00. The summed E-state index contributed by atoms with van der Waals surface area (Å²) in [5.41, 5.74) is 2.77. The van der Waals surface area contributed by atoms with E-state index in [1.165, 1.54) is 12.1 Å². The summed E-state index contributed by atoms with van der Waals surface area (Å²) in [6.45, 7) is 4.07. The Balaban J connectivity index is 1.42. The van der Waals surface area contributed by atoms with E-state index in [2.05, 4.69) is 22.2 Å². The predicted octanol–water partition coefficient (Wildman–Crippen LogP) is 3.67. The van der Waals surface area contributed by atoms with Crippen LogP contribution in [0.25, 0.3) is 11.0 Å². The van der Waals surface area contributed by atoms with Gasteiger partial charge in [-0.1, -0.05) is 24.3 Å². The summed E-state index contributed by atoms with van der Waals surface area (Å²) in [7, 11) is 0. The Labute approximate surface area is 167 Å². The van der Waals surface area contributed by atoms with Crippen molar-refractivity contribution in [1.82, 2.24) is 20.2 Å². The number of amides is 1. The van der Waals surface area contributed by atoms with Gasteiger partial charge in [0.1, 0.15) is 11.6 Å². The molecule has 3 aromatic rings. The SMILES string of the molecule is CC(SCC(=O)N1CCNCC1c1cccc(F)c1)c1nc2ccccc2[nH]1. The minimum atomic E-state index is -0.275. The summed E-state index contributed by atoms with van der Waals surface area (Å²) in [4.78, 5) is 22.7. The maximum atomic E-state index is 13.6. The van der Waals surface area contributed by atoms with E-state index >= 15 is 0 Å². The standard InChI is InChI=1S/C21H23FN4OS/c1-14(21-24-17-7-2-3-8-18(17)25-21)28-13-20(27)26-10-9-23-12-19(26)15-5-4-6-16(22)11-15/h2-8,11,14,19,23H,9-10,12-13H2,1H3,(H,24,25). The third-order valence-corrected chi connectivity index (χ3v) is 6.18. The normalized spacial score (nSPS) is 18.4. The molecule has 0 spiro atoms. The monoisotopic (exact) mass is 398 g/mol. The fraction of sp³-hybridized carbons (Fsp3) is 0.333. The van der Waals surface area contributed by atoms with Crippen LogP contribution in [0.15, 0.2) is 48.5 Å². The summed E-state index contributed by atoms with van der Waals surface area (Å²) in [6.07, 6.45) is 0. The number of rotatable bonds is 5. The molecular formula is C21H23FN4OS. The topological polar surface area (TPSA) is 61.0 Å². The van der Waals surface area contributed by atoms with Crippen LogP contribution in [0.1, 0.15) is 29.6 Å². The lowest BCUT2D eigenvalue weighted by Crippen LogP contribution is -2.49. The van der Waals surface area contributed by atoms with E-state index in [0.717, 1.165) is 29.0 Å². The molecule has 28 heavy (non-hydrogen) atoms. The summed E-state index contributed by atoms with van der Waals surface area (Å²) < 4.78 is 13.6. The molecule has 1 aliphatic rings. The Hall–Kier alpha value is -2.38. The fourth-order valence-corrected chi connectivity index (χ4v) is 4.37. The third-order valence-electron chi connectivity index (χ3n) is 5.05. The number of nitrogens with one attached hydrogen (secondary N) is 2. The van der Waals surface area contributed by atoms with Crippen LogP contribution in [-0.4, -0.2) is 46.2 Å². The summed E-state index contributed by atoms with van der Waals surface area (Å²) in [5, 5.41) is 3.38. The molecule has 2 N–H and O–H groups in total. The zero-order valence-corrected chi connectivity index (χ0v) is 16.5. The quantitative estimate of drug-likeness (QED) is 0.688. The molecule has 2 unspecified atom stereocenters. The number of para-hydroxylation sites is 2. The first-order valence-corrected chi connectivity index (χ1v) is 10.5. The number of piperazine rings is 1. The highest BCUT2D eigenvalue weighted by atomic mass is 32.2. The number of benzene rings is 2. The van der Waals surface area contributed by atoms with Crippen LogP contribution in [-0.2, 0) is 4.79 Å². The molecular weight excluding hydrogens is 375 g/mol. The minimum absolute atomic E-state index is 0.0729. The maximum Gasteiger partial charge on any atom is 0.233 e. The van der Waals surface area contributed by atoms with Crippen molar-refractivity contribution in [2.45, 2.75) is 18.2 Å². The Morgan fingerprint density at radius 1 is 1.32 bits per heavy atom. The molecule has 1 aliphatic heterocycles. The van der Waals surface area contributed by atoms with E-state index in [1.807, 2.05) is 35.2 Å². The lowest BCUT2D eigenvalue weighted by molar-refractivity contribution is -0.131. The number of carbonyl (C=O) groups excluding carboxylic acids is 1. The number of carbonyl (C=O) groups is 1. The van der Waals surface area contributed by atoms with Gasteiger partial charge in [-0.25, -0.2) is 9.37 Å². The summed E-state index contributed by atoms with van der Waals surface area (Å²) in [6, 6.07) is 14.3. The molecule has 4 rings (SSSR count). The largest absolute Gasteiger partial charge is 0.341 e. The van der Waals surface area contributed by atoms with Crippen LogP contribution < -0.4 is 5.32 Å². The van der Waals surface area contributed by atoms with Gasteiger partial charge in [0.25, 0.3) is 0 Å². The molecule has 1 saturated heterocycles. The molecule has 2 atom stereocenters. The molecule has 146 valence electrons. The van der Waals surface area contributed by atoms with Crippen molar-refractivity contribution >= 4 is 28.7 Å². The van der Waals surface area contributed by atoms with Gasteiger partial charge < -0.3 is 15.2 Å². The number of thioether (sulfide) groups is 1. The fourth-order valence-electron chi connectivity index (χ4n) is 3.54. The number of aromatic nitrogens is 2. The molecule has 0 saturated carbocycles. The second kappa shape index (κ2) is 8.32. The molecule has 1 amide bonds. The van der Waals surface area contributed by atoms with Gasteiger partial charge in [-0.05, 0) is 36.8 Å². The first-order valence-electron chi connectivity index (χ1n) is 9.44. The lowest BCUT2D eigenvalue weighted by atomic mass is 10.0. The Morgan fingerprint density at radius 3 is 3.00 bits per heavy atom. The molecule has 0 aliphatic carbocycles. The molecule has 2 heterocycles. The molecule has 0 radical (unpaired) electrons. The van der Waals surface area contributed by atoms with Crippen LogP contribution in [0, 0.1) is 5.82 Å². The molecule has 0 bridgehead atoms. The highest BCUT2D eigenvalue weighted by Gasteiger charge is 2.28. The number of aromatic amines is 1. The number of halogens is 1. The van der Waals surface area contributed by atoms with Gasteiger partial charge in [-0.2, -0.15) is 0 Å².